The lowest BCUT2D eigenvalue weighted by atomic mass is 9.48. The highest BCUT2D eigenvalue weighted by Crippen LogP contribution is 2.65. The van der Waals surface area contributed by atoms with Crippen molar-refractivity contribution < 1.29 is 13.2 Å². The van der Waals surface area contributed by atoms with Crippen LogP contribution in [0.5, 0.6) is 0 Å². The average molecular weight is 476 g/mol. The van der Waals surface area contributed by atoms with E-state index in [2.05, 4.69) is 25.8 Å². The first kappa shape index (κ1) is 24.6. The minimum Gasteiger partial charge on any atom is -0.252 e. The van der Waals surface area contributed by atoms with Crippen LogP contribution in [0.4, 0.5) is 13.2 Å². The van der Waals surface area contributed by atoms with E-state index in [0.29, 0.717) is 17.3 Å². The van der Waals surface area contributed by atoms with Crippen LogP contribution >= 0.6 is 0 Å². The molecule has 0 amide bonds. The molecule has 0 saturated heterocycles. The molecule has 4 heteroatoms. The van der Waals surface area contributed by atoms with E-state index in [1.54, 1.807) is 6.07 Å². The molecule has 1 heterocycles. The average Bonchev–Trinajstić information content (AvgIpc) is 3.16. The molecule has 1 aromatic heterocycles. The van der Waals surface area contributed by atoms with E-state index in [9.17, 15) is 13.2 Å². The van der Waals surface area contributed by atoms with Gasteiger partial charge in [-0.25, -0.2) is 0 Å². The van der Waals surface area contributed by atoms with Crippen LogP contribution in [0.2, 0.25) is 0 Å². The maximum Gasteiger partial charge on any atom is 0.433 e. The molecule has 0 bridgehead atoms. The Kier molecular flexibility index (Phi) is 6.83. The number of rotatable bonds is 5. The summed E-state index contributed by atoms with van der Waals surface area (Å²) in [5.41, 5.74) is 0.576. The van der Waals surface area contributed by atoms with Gasteiger partial charge < -0.3 is 0 Å². The summed E-state index contributed by atoms with van der Waals surface area (Å²) in [4.78, 5) is 3.71. The maximum atomic E-state index is 12.9. The number of halogens is 3. The Morgan fingerprint density at radius 1 is 1.00 bits per heavy atom. The van der Waals surface area contributed by atoms with Crippen LogP contribution in [-0.2, 0) is 12.6 Å². The maximum absolute atomic E-state index is 12.9. The van der Waals surface area contributed by atoms with Gasteiger partial charge in [-0.15, -0.1) is 0 Å². The number of alkyl halides is 3. The van der Waals surface area contributed by atoms with Crippen LogP contribution in [0.15, 0.2) is 18.3 Å². The Morgan fingerprint density at radius 2 is 1.79 bits per heavy atom. The van der Waals surface area contributed by atoms with Gasteiger partial charge >= 0.3 is 6.18 Å². The molecule has 1 aromatic rings. The van der Waals surface area contributed by atoms with E-state index < -0.39 is 11.9 Å². The third-order valence-corrected chi connectivity index (χ3v) is 11.2. The molecule has 0 aromatic carbocycles. The van der Waals surface area contributed by atoms with Crippen molar-refractivity contribution in [3.8, 4) is 0 Å². The predicted molar refractivity (Wildman–Crippen MR) is 131 cm³/mol. The Labute approximate surface area is 204 Å². The zero-order chi connectivity index (χ0) is 24.1. The van der Waals surface area contributed by atoms with Gasteiger partial charge in [-0.1, -0.05) is 46.1 Å². The van der Waals surface area contributed by atoms with Crippen molar-refractivity contribution in [3.05, 3.63) is 29.6 Å². The SMILES string of the molecule is CCC[C@H]1CC[C@@H]2C3CC[C@@]4(C)C(CCC4[C@H](C)Cc4ccc(C(F)(F)F)nc4)[C@@H]3CC[C@@H]2C1. The van der Waals surface area contributed by atoms with Gasteiger partial charge in [0.2, 0.25) is 0 Å². The highest BCUT2D eigenvalue weighted by atomic mass is 19.4. The number of hydrogen-bond acceptors (Lipinski definition) is 1. The Balaban J connectivity index is 1.24. The van der Waals surface area contributed by atoms with Gasteiger partial charge in [-0.05, 0) is 122 Å². The summed E-state index contributed by atoms with van der Waals surface area (Å²) >= 11 is 0. The topological polar surface area (TPSA) is 12.9 Å². The van der Waals surface area contributed by atoms with E-state index in [1.807, 2.05) is 0 Å². The third-order valence-electron chi connectivity index (χ3n) is 11.2. The van der Waals surface area contributed by atoms with E-state index in [-0.39, 0.29) is 0 Å². The highest BCUT2D eigenvalue weighted by molar-refractivity contribution is 5.17. The Hall–Kier alpha value is -1.06. The number of fused-ring (bicyclic) bond motifs is 5. The molecule has 4 fully saturated rings. The number of pyridine rings is 1. The van der Waals surface area contributed by atoms with E-state index in [4.69, 9.17) is 0 Å². The molecule has 3 unspecified atom stereocenters. The van der Waals surface area contributed by atoms with Crippen molar-refractivity contribution in [2.24, 2.45) is 52.8 Å². The van der Waals surface area contributed by atoms with Gasteiger partial charge in [0.05, 0.1) is 0 Å². The summed E-state index contributed by atoms with van der Waals surface area (Å²) in [6.07, 6.45) is 13.6. The van der Waals surface area contributed by atoms with Gasteiger partial charge in [0.25, 0.3) is 0 Å². The normalized spacial score (nSPS) is 40.8. The summed E-state index contributed by atoms with van der Waals surface area (Å²) < 4.78 is 38.7. The first-order chi connectivity index (χ1) is 16.2. The molecule has 0 aliphatic heterocycles. The van der Waals surface area contributed by atoms with Crippen molar-refractivity contribution in [2.75, 3.05) is 0 Å². The second kappa shape index (κ2) is 9.43. The lowest BCUT2D eigenvalue weighted by molar-refractivity contribution is -0.141. The minimum absolute atomic E-state index is 0.409. The molecule has 0 N–H and O–H groups in total. The summed E-state index contributed by atoms with van der Waals surface area (Å²) in [5.74, 6) is 6.90. The van der Waals surface area contributed by atoms with Crippen molar-refractivity contribution in [1.29, 1.82) is 0 Å². The molecule has 4 aliphatic carbocycles. The summed E-state index contributed by atoms with van der Waals surface area (Å²) in [6.45, 7) is 7.27. The predicted octanol–water partition coefficient (Wildman–Crippen LogP) is 8.96. The van der Waals surface area contributed by atoms with Crippen LogP contribution in [0.1, 0.15) is 103 Å². The van der Waals surface area contributed by atoms with Crippen LogP contribution in [-0.4, -0.2) is 4.98 Å². The van der Waals surface area contributed by atoms with E-state index >= 15 is 0 Å². The fourth-order valence-electron chi connectivity index (χ4n) is 9.82. The highest BCUT2D eigenvalue weighted by Gasteiger charge is 2.57. The third kappa shape index (κ3) is 4.45. The van der Waals surface area contributed by atoms with Crippen molar-refractivity contribution in [1.82, 2.24) is 4.98 Å². The first-order valence-electron chi connectivity index (χ1n) is 14.2. The smallest absolute Gasteiger partial charge is 0.252 e. The van der Waals surface area contributed by atoms with Gasteiger partial charge in [0, 0.05) is 6.20 Å². The molecular formula is C30H44F3N. The lowest BCUT2D eigenvalue weighted by Crippen LogP contribution is -2.49. The second-order valence-corrected chi connectivity index (χ2v) is 12.9. The van der Waals surface area contributed by atoms with Crippen molar-refractivity contribution in [2.45, 2.75) is 104 Å². The summed E-state index contributed by atoms with van der Waals surface area (Å²) in [6, 6.07) is 2.80. The molecule has 0 radical (unpaired) electrons. The van der Waals surface area contributed by atoms with Crippen molar-refractivity contribution >= 4 is 0 Å². The zero-order valence-electron chi connectivity index (χ0n) is 21.4. The molecular weight excluding hydrogens is 431 g/mol. The largest absolute Gasteiger partial charge is 0.433 e. The first-order valence-corrected chi connectivity index (χ1v) is 14.2. The van der Waals surface area contributed by atoms with E-state index in [1.165, 1.54) is 76.8 Å². The minimum atomic E-state index is -4.36. The molecule has 4 aliphatic rings. The van der Waals surface area contributed by atoms with Crippen LogP contribution in [0.25, 0.3) is 0 Å². The van der Waals surface area contributed by atoms with Crippen molar-refractivity contribution in [3.63, 3.8) is 0 Å². The monoisotopic (exact) mass is 475 g/mol. The van der Waals surface area contributed by atoms with Gasteiger partial charge in [-0.2, -0.15) is 13.2 Å². The Morgan fingerprint density at radius 3 is 2.50 bits per heavy atom. The second-order valence-electron chi connectivity index (χ2n) is 12.9. The number of aromatic nitrogens is 1. The van der Waals surface area contributed by atoms with Crippen LogP contribution in [0.3, 0.4) is 0 Å². The van der Waals surface area contributed by atoms with Crippen LogP contribution < -0.4 is 0 Å². The molecule has 4 saturated carbocycles. The lowest BCUT2D eigenvalue weighted by Gasteiger charge is -2.57. The Bertz CT molecular complexity index is 832. The number of hydrogen-bond donors (Lipinski definition) is 0. The molecule has 1 nitrogen and oxygen atoms in total. The zero-order valence-corrected chi connectivity index (χ0v) is 21.4. The molecule has 5 rings (SSSR count). The van der Waals surface area contributed by atoms with Gasteiger partial charge in [0.15, 0.2) is 0 Å². The van der Waals surface area contributed by atoms with Gasteiger partial charge in [-0.3, -0.25) is 4.98 Å². The molecule has 190 valence electrons. The number of nitrogens with zero attached hydrogens (tertiary/aromatic N) is 1. The molecule has 9 atom stereocenters. The summed E-state index contributed by atoms with van der Waals surface area (Å²) in [5, 5.41) is 0. The standard InChI is InChI=1S/C30H44F3N/c1-4-5-20-6-9-23-22(17-20)8-10-25-24(23)14-15-29(3)26(11-12-27(25)29)19(2)16-21-7-13-28(34-18-21)30(31,32)33/h7,13,18-20,22-27H,4-6,8-12,14-17H2,1-3H3/t19-,20+,22-,23+,24?,25-,26?,27?,29-/m1/s1. The van der Waals surface area contributed by atoms with Gasteiger partial charge in [0.1, 0.15) is 5.69 Å². The fraction of sp³-hybridized carbons (Fsp3) is 0.833. The summed E-state index contributed by atoms with van der Waals surface area (Å²) in [7, 11) is 0. The molecule has 34 heavy (non-hydrogen) atoms. The molecule has 0 spiro atoms. The van der Waals surface area contributed by atoms with E-state index in [0.717, 1.165) is 53.6 Å². The van der Waals surface area contributed by atoms with Crippen LogP contribution in [0, 0.1) is 52.8 Å². The fourth-order valence-corrected chi connectivity index (χ4v) is 9.82. The quantitative estimate of drug-likeness (QED) is 0.414.